The molecule has 0 aromatic heterocycles. The predicted molar refractivity (Wildman–Crippen MR) is 66.0 cm³/mol. The van der Waals surface area contributed by atoms with Crippen molar-refractivity contribution < 1.29 is 14.6 Å². The van der Waals surface area contributed by atoms with Gasteiger partial charge in [0.25, 0.3) is 0 Å². The Hall–Kier alpha value is -1.23. The van der Waals surface area contributed by atoms with Crippen LogP contribution < -0.4 is 10.1 Å². The van der Waals surface area contributed by atoms with Gasteiger partial charge in [0.05, 0.1) is 13.0 Å². The molecule has 1 rings (SSSR count). The third-order valence-corrected chi connectivity index (χ3v) is 2.60. The van der Waals surface area contributed by atoms with Crippen molar-refractivity contribution in [3.05, 3.63) is 22.7 Å². The van der Waals surface area contributed by atoms with E-state index in [-0.39, 0.29) is 0 Å². The third kappa shape index (κ3) is 3.73. The van der Waals surface area contributed by atoms with Gasteiger partial charge in [-0.05, 0) is 12.1 Å². The van der Waals surface area contributed by atoms with Crippen molar-refractivity contribution in [2.75, 3.05) is 19.0 Å². The van der Waals surface area contributed by atoms with E-state index in [0.717, 1.165) is 15.9 Å². The van der Waals surface area contributed by atoms with Crippen LogP contribution >= 0.6 is 15.9 Å². The Morgan fingerprint density at radius 1 is 1.56 bits per heavy atom. The number of methoxy groups -OCH3 is 1. The first-order valence-corrected chi connectivity index (χ1v) is 5.63. The average Bonchev–Trinajstić information content (AvgIpc) is 2.24. The largest absolute Gasteiger partial charge is 0.497 e. The Labute approximate surface area is 103 Å². The molecule has 0 radical (unpaired) electrons. The number of carboxylic acid groups (broad SMARTS) is 1. The van der Waals surface area contributed by atoms with E-state index in [1.807, 2.05) is 18.2 Å². The highest BCUT2D eigenvalue weighted by atomic mass is 79.9. The second kappa shape index (κ2) is 5.75. The van der Waals surface area contributed by atoms with Gasteiger partial charge in [-0.3, -0.25) is 4.79 Å². The first-order chi connectivity index (χ1) is 7.52. The number of carboxylic acids is 1. The molecule has 2 N–H and O–H groups in total. The predicted octanol–water partition coefficient (Wildman–Crippen LogP) is 2.59. The van der Waals surface area contributed by atoms with Crippen molar-refractivity contribution in [1.82, 2.24) is 0 Å². The molecule has 0 heterocycles. The van der Waals surface area contributed by atoms with E-state index in [1.54, 1.807) is 14.0 Å². The minimum Gasteiger partial charge on any atom is -0.497 e. The normalized spacial score (nSPS) is 11.9. The van der Waals surface area contributed by atoms with Crippen molar-refractivity contribution >= 4 is 27.6 Å². The summed E-state index contributed by atoms with van der Waals surface area (Å²) in [6.07, 6.45) is 0. The highest BCUT2D eigenvalue weighted by molar-refractivity contribution is 9.10. The summed E-state index contributed by atoms with van der Waals surface area (Å²) in [6, 6.07) is 5.53. The second-order valence-electron chi connectivity index (χ2n) is 3.50. The van der Waals surface area contributed by atoms with Crippen LogP contribution in [0, 0.1) is 5.92 Å². The highest BCUT2D eigenvalue weighted by Gasteiger charge is 2.10. The van der Waals surface area contributed by atoms with E-state index < -0.39 is 11.9 Å². The summed E-state index contributed by atoms with van der Waals surface area (Å²) in [5, 5.41) is 11.8. The number of hydrogen-bond acceptors (Lipinski definition) is 3. The number of aliphatic carboxylic acids is 1. The molecule has 4 nitrogen and oxygen atoms in total. The molecule has 16 heavy (non-hydrogen) atoms. The zero-order chi connectivity index (χ0) is 12.1. The van der Waals surface area contributed by atoms with Crippen LogP contribution in [-0.4, -0.2) is 24.7 Å². The number of halogens is 1. The van der Waals surface area contributed by atoms with Crippen molar-refractivity contribution in [2.24, 2.45) is 5.92 Å². The quantitative estimate of drug-likeness (QED) is 0.874. The number of rotatable bonds is 5. The molecule has 0 amide bonds. The van der Waals surface area contributed by atoms with Crippen molar-refractivity contribution in [3.63, 3.8) is 0 Å². The zero-order valence-corrected chi connectivity index (χ0v) is 10.7. The van der Waals surface area contributed by atoms with Gasteiger partial charge in [-0.2, -0.15) is 0 Å². The Bertz CT molecular complexity index is 381. The number of hydrogen-bond donors (Lipinski definition) is 2. The molecule has 1 unspecified atom stereocenters. The molecule has 1 atom stereocenters. The minimum atomic E-state index is -0.811. The fourth-order valence-corrected chi connectivity index (χ4v) is 1.61. The third-order valence-electron chi connectivity index (χ3n) is 2.14. The molecular weight excluding hydrogens is 274 g/mol. The Balaban J connectivity index is 2.66. The number of ether oxygens (including phenoxy) is 1. The van der Waals surface area contributed by atoms with Gasteiger partial charge in [0.15, 0.2) is 0 Å². The van der Waals surface area contributed by atoms with Gasteiger partial charge in [0.2, 0.25) is 0 Å². The van der Waals surface area contributed by atoms with Crippen LogP contribution in [0.2, 0.25) is 0 Å². The fraction of sp³-hybridized carbons (Fsp3) is 0.364. The molecule has 88 valence electrons. The lowest BCUT2D eigenvalue weighted by Crippen LogP contribution is -2.19. The maximum atomic E-state index is 10.6. The van der Waals surface area contributed by atoms with Gasteiger partial charge in [0, 0.05) is 22.8 Å². The monoisotopic (exact) mass is 287 g/mol. The van der Waals surface area contributed by atoms with E-state index in [0.29, 0.717) is 6.54 Å². The Kier molecular flexibility index (Phi) is 4.61. The molecule has 1 aromatic rings. The maximum Gasteiger partial charge on any atom is 0.308 e. The van der Waals surface area contributed by atoms with Crippen LogP contribution in [0.1, 0.15) is 6.92 Å². The summed E-state index contributed by atoms with van der Waals surface area (Å²) < 4.78 is 5.99. The van der Waals surface area contributed by atoms with Crippen LogP contribution in [-0.2, 0) is 4.79 Å². The van der Waals surface area contributed by atoms with Crippen molar-refractivity contribution in [3.8, 4) is 5.75 Å². The van der Waals surface area contributed by atoms with Gasteiger partial charge in [-0.25, -0.2) is 0 Å². The molecule has 0 bridgehead atoms. The van der Waals surface area contributed by atoms with Crippen LogP contribution in [0.3, 0.4) is 0 Å². The zero-order valence-electron chi connectivity index (χ0n) is 9.16. The lowest BCUT2D eigenvalue weighted by Gasteiger charge is -2.11. The van der Waals surface area contributed by atoms with Gasteiger partial charge in [-0.1, -0.05) is 22.9 Å². The average molecular weight is 288 g/mol. The van der Waals surface area contributed by atoms with Crippen LogP contribution in [0.15, 0.2) is 22.7 Å². The van der Waals surface area contributed by atoms with Gasteiger partial charge >= 0.3 is 5.97 Å². The molecule has 0 saturated heterocycles. The Morgan fingerprint density at radius 3 is 2.81 bits per heavy atom. The fourth-order valence-electron chi connectivity index (χ4n) is 1.14. The standard InChI is InChI=1S/C11H14BrNO3/c1-7(11(14)15)6-13-9-3-8(12)4-10(5-9)16-2/h3-5,7,13H,6H2,1-2H3,(H,14,15). The van der Waals surface area contributed by atoms with Crippen molar-refractivity contribution in [1.29, 1.82) is 0 Å². The molecule has 0 spiro atoms. The second-order valence-corrected chi connectivity index (χ2v) is 4.42. The minimum absolute atomic E-state index is 0.384. The molecule has 0 saturated carbocycles. The summed E-state index contributed by atoms with van der Waals surface area (Å²) in [5.74, 6) is -0.515. The van der Waals surface area contributed by atoms with Gasteiger partial charge < -0.3 is 15.2 Å². The van der Waals surface area contributed by atoms with E-state index in [9.17, 15) is 4.79 Å². The molecule has 5 heteroatoms. The molecule has 0 aliphatic heterocycles. The smallest absolute Gasteiger partial charge is 0.308 e. The SMILES string of the molecule is COc1cc(Br)cc(NCC(C)C(=O)O)c1. The van der Waals surface area contributed by atoms with Gasteiger partial charge in [0.1, 0.15) is 5.75 Å². The molecule has 1 aromatic carbocycles. The van der Waals surface area contributed by atoms with Crippen LogP contribution in [0.4, 0.5) is 5.69 Å². The lowest BCUT2D eigenvalue weighted by molar-refractivity contribution is -0.140. The van der Waals surface area contributed by atoms with E-state index in [4.69, 9.17) is 9.84 Å². The van der Waals surface area contributed by atoms with E-state index in [2.05, 4.69) is 21.2 Å². The summed E-state index contributed by atoms with van der Waals surface area (Å²) in [6.45, 7) is 2.04. The van der Waals surface area contributed by atoms with Crippen molar-refractivity contribution in [2.45, 2.75) is 6.92 Å². The van der Waals surface area contributed by atoms with Crippen LogP contribution in [0.5, 0.6) is 5.75 Å². The summed E-state index contributed by atoms with van der Waals surface area (Å²) in [4.78, 5) is 10.6. The number of benzene rings is 1. The summed E-state index contributed by atoms with van der Waals surface area (Å²) in [5.41, 5.74) is 0.833. The topological polar surface area (TPSA) is 58.6 Å². The van der Waals surface area contributed by atoms with E-state index >= 15 is 0 Å². The first-order valence-electron chi connectivity index (χ1n) is 4.84. The Morgan fingerprint density at radius 2 is 2.25 bits per heavy atom. The molecule has 0 aliphatic rings. The maximum absolute atomic E-state index is 10.6. The number of carbonyl (C=O) groups is 1. The van der Waals surface area contributed by atoms with E-state index in [1.165, 1.54) is 0 Å². The molecular formula is C11H14BrNO3. The lowest BCUT2D eigenvalue weighted by atomic mass is 10.2. The molecule has 0 fully saturated rings. The first kappa shape index (κ1) is 12.8. The van der Waals surface area contributed by atoms with Crippen LogP contribution in [0.25, 0.3) is 0 Å². The summed E-state index contributed by atoms with van der Waals surface area (Å²) >= 11 is 3.35. The molecule has 0 aliphatic carbocycles. The number of anilines is 1. The van der Waals surface area contributed by atoms with Gasteiger partial charge in [-0.15, -0.1) is 0 Å². The highest BCUT2D eigenvalue weighted by Crippen LogP contribution is 2.24. The summed E-state index contributed by atoms with van der Waals surface area (Å²) in [7, 11) is 1.59. The number of nitrogens with one attached hydrogen (secondary N) is 1.